The lowest BCUT2D eigenvalue weighted by atomic mass is 10.0. The number of aryl methyl sites for hydroxylation is 1. The highest BCUT2D eigenvalue weighted by Gasteiger charge is 2.32. The number of nitrogens with zero attached hydrogens (tertiary/aromatic N) is 2. The molecule has 5 nitrogen and oxygen atoms in total. The summed E-state index contributed by atoms with van der Waals surface area (Å²) in [6, 6.07) is 1.99. The van der Waals surface area contributed by atoms with Gasteiger partial charge in [-0.3, -0.25) is 4.79 Å². The van der Waals surface area contributed by atoms with Crippen molar-refractivity contribution in [1.82, 2.24) is 15.1 Å². The lowest BCUT2D eigenvalue weighted by Gasteiger charge is -2.16. The third-order valence-corrected chi connectivity index (χ3v) is 4.36. The van der Waals surface area contributed by atoms with Gasteiger partial charge in [-0.25, -0.2) is 13.5 Å². The first-order valence-electron chi connectivity index (χ1n) is 7.74. The summed E-state index contributed by atoms with van der Waals surface area (Å²) in [7, 11) is 0. The van der Waals surface area contributed by atoms with E-state index in [-0.39, 0.29) is 33.8 Å². The van der Waals surface area contributed by atoms with E-state index in [4.69, 9.17) is 16.3 Å². The SMILES string of the molecule is O=C(NC1CC1)c1nn2c(c1-c1cc(F)c(Cl)cc1F)OCCC2. The van der Waals surface area contributed by atoms with Gasteiger partial charge < -0.3 is 10.1 Å². The molecule has 0 spiro atoms. The smallest absolute Gasteiger partial charge is 0.272 e. The number of fused-ring (bicyclic) bond motifs is 1. The van der Waals surface area contributed by atoms with Crippen molar-refractivity contribution in [1.29, 1.82) is 0 Å². The number of halogens is 3. The normalized spacial score (nSPS) is 16.5. The number of carbonyl (C=O) groups is 1. The summed E-state index contributed by atoms with van der Waals surface area (Å²) in [5.74, 6) is -1.63. The minimum absolute atomic E-state index is 0.0411. The minimum atomic E-state index is -0.766. The van der Waals surface area contributed by atoms with E-state index in [1.54, 1.807) is 0 Å². The first-order valence-corrected chi connectivity index (χ1v) is 8.12. The molecule has 2 aromatic rings. The van der Waals surface area contributed by atoms with Crippen molar-refractivity contribution in [2.75, 3.05) is 6.61 Å². The average molecular weight is 354 g/mol. The number of rotatable bonds is 3. The highest BCUT2D eigenvalue weighted by Crippen LogP contribution is 2.38. The number of carbonyl (C=O) groups excluding carboxylic acids is 1. The third kappa shape index (κ3) is 2.62. The summed E-state index contributed by atoms with van der Waals surface area (Å²) in [6.45, 7) is 0.983. The average Bonchev–Trinajstić information content (AvgIpc) is 3.28. The molecule has 1 saturated carbocycles. The molecule has 1 aromatic carbocycles. The fraction of sp³-hybridized carbons (Fsp3) is 0.375. The maximum atomic E-state index is 14.4. The Balaban J connectivity index is 1.87. The quantitative estimate of drug-likeness (QED) is 0.862. The predicted octanol–water partition coefficient (Wildman–Crippen LogP) is 3.16. The van der Waals surface area contributed by atoms with Crippen molar-refractivity contribution in [3.05, 3.63) is 34.5 Å². The number of hydrogen-bond acceptors (Lipinski definition) is 3. The van der Waals surface area contributed by atoms with E-state index in [0.29, 0.717) is 13.2 Å². The molecule has 0 radical (unpaired) electrons. The molecule has 1 aliphatic carbocycles. The van der Waals surface area contributed by atoms with E-state index in [2.05, 4.69) is 10.4 Å². The number of amides is 1. The zero-order valence-corrected chi connectivity index (χ0v) is 13.4. The van der Waals surface area contributed by atoms with Gasteiger partial charge in [-0.1, -0.05) is 11.6 Å². The molecule has 1 fully saturated rings. The highest BCUT2D eigenvalue weighted by molar-refractivity contribution is 6.30. The van der Waals surface area contributed by atoms with Crippen molar-refractivity contribution in [2.24, 2.45) is 0 Å². The molecule has 1 aromatic heterocycles. The molecule has 2 aliphatic rings. The highest BCUT2D eigenvalue weighted by atomic mass is 35.5. The zero-order chi connectivity index (χ0) is 16.8. The second-order valence-corrected chi connectivity index (χ2v) is 6.36. The van der Waals surface area contributed by atoms with Crippen LogP contribution in [0.4, 0.5) is 8.78 Å². The Morgan fingerprint density at radius 1 is 1.33 bits per heavy atom. The van der Waals surface area contributed by atoms with E-state index in [0.717, 1.165) is 31.4 Å². The van der Waals surface area contributed by atoms with Crippen molar-refractivity contribution >= 4 is 17.5 Å². The number of hydrogen-bond donors (Lipinski definition) is 1. The molecule has 2 heterocycles. The van der Waals surface area contributed by atoms with Crippen LogP contribution in [0.2, 0.25) is 5.02 Å². The Morgan fingerprint density at radius 2 is 2.12 bits per heavy atom. The van der Waals surface area contributed by atoms with E-state index < -0.39 is 17.5 Å². The van der Waals surface area contributed by atoms with Crippen molar-refractivity contribution in [3.63, 3.8) is 0 Å². The first kappa shape index (κ1) is 15.4. The Morgan fingerprint density at radius 3 is 2.88 bits per heavy atom. The van der Waals surface area contributed by atoms with Crippen LogP contribution in [0.15, 0.2) is 12.1 Å². The fourth-order valence-corrected chi connectivity index (χ4v) is 2.88. The molecule has 126 valence electrons. The van der Waals surface area contributed by atoms with E-state index in [1.165, 1.54) is 4.68 Å². The summed E-state index contributed by atoms with van der Waals surface area (Å²) in [6.07, 6.45) is 2.55. The van der Waals surface area contributed by atoms with Crippen LogP contribution in [0.3, 0.4) is 0 Å². The van der Waals surface area contributed by atoms with Crippen LogP contribution >= 0.6 is 11.6 Å². The largest absolute Gasteiger partial charge is 0.477 e. The van der Waals surface area contributed by atoms with Crippen LogP contribution in [-0.4, -0.2) is 28.3 Å². The Labute approximate surface area is 141 Å². The maximum Gasteiger partial charge on any atom is 0.272 e. The molecular weight excluding hydrogens is 340 g/mol. The van der Waals surface area contributed by atoms with Gasteiger partial charge in [0.15, 0.2) is 5.69 Å². The lowest BCUT2D eigenvalue weighted by Crippen LogP contribution is -2.26. The molecule has 1 N–H and O–H groups in total. The van der Waals surface area contributed by atoms with E-state index in [9.17, 15) is 13.6 Å². The van der Waals surface area contributed by atoms with Gasteiger partial charge >= 0.3 is 0 Å². The van der Waals surface area contributed by atoms with Crippen LogP contribution in [0.5, 0.6) is 5.88 Å². The summed E-state index contributed by atoms with van der Waals surface area (Å²) in [4.78, 5) is 12.5. The molecule has 0 unspecified atom stereocenters. The van der Waals surface area contributed by atoms with E-state index in [1.807, 2.05) is 0 Å². The number of nitrogens with one attached hydrogen (secondary N) is 1. The maximum absolute atomic E-state index is 14.4. The fourth-order valence-electron chi connectivity index (χ4n) is 2.73. The molecule has 8 heteroatoms. The van der Waals surface area contributed by atoms with Crippen molar-refractivity contribution < 1.29 is 18.3 Å². The van der Waals surface area contributed by atoms with Crippen molar-refractivity contribution in [3.8, 4) is 17.0 Å². The molecule has 0 bridgehead atoms. The van der Waals surface area contributed by atoms with Crippen LogP contribution < -0.4 is 10.1 Å². The molecule has 24 heavy (non-hydrogen) atoms. The van der Waals surface area contributed by atoms with Gasteiger partial charge in [0.05, 0.1) is 17.2 Å². The summed E-state index contributed by atoms with van der Waals surface area (Å²) in [5, 5.41) is 6.76. The van der Waals surface area contributed by atoms with Gasteiger partial charge in [-0.2, -0.15) is 5.10 Å². The number of ether oxygens (including phenoxy) is 1. The first-order chi connectivity index (χ1) is 11.5. The monoisotopic (exact) mass is 353 g/mol. The van der Waals surface area contributed by atoms with Crippen molar-refractivity contribution in [2.45, 2.75) is 31.8 Å². The molecule has 0 saturated heterocycles. The van der Waals surface area contributed by atoms with Gasteiger partial charge in [0.2, 0.25) is 5.88 Å². The van der Waals surface area contributed by atoms with E-state index >= 15 is 0 Å². The van der Waals surface area contributed by atoms with Gasteiger partial charge in [-0.15, -0.1) is 0 Å². The van der Waals surface area contributed by atoms with Gasteiger partial charge in [0.25, 0.3) is 5.91 Å². The van der Waals surface area contributed by atoms with Crippen LogP contribution in [0.1, 0.15) is 29.8 Å². The van der Waals surface area contributed by atoms with Crippen LogP contribution in [-0.2, 0) is 6.54 Å². The summed E-state index contributed by atoms with van der Waals surface area (Å²) in [5.41, 5.74) is 0.126. The van der Waals surface area contributed by atoms with Gasteiger partial charge in [0.1, 0.15) is 11.6 Å². The minimum Gasteiger partial charge on any atom is -0.477 e. The lowest BCUT2D eigenvalue weighted by molar-refractivity contribution is 0.0945. The molecular formula is C16H14ClF2N3O2. The van der Waals surface area contributed by atoms with Gasteiger partial charge in [0, 0.05) is 24.6 Å². The zero-order valence-electron chi connectivity index (χ0n) is 12.6. The molecule has 1 aliphatic heterocycles. The standard InChI is InChI=1S/C16H14ClF2N3O2/c17-10-7-11(18)9(6-12(10)19)13-14(15(23)20-8-2-3-8)21-22-4-1-5-24-16(13)22/h6-8H,1-5H2,(H,20,23). The van der Waals surface area contributed by atoms with Gasteiger partial charge in [-0.05, 0) is 25.0 Å². The molecule has 1 amide bonds. The Bertz CT molecular complexity index is 833. The Kier molecular flexibility index (Phi) is 3.68. The van der Waals surface area contributed by atoms with Crippen LogP contribution in [0, 0.1) is 11.6 Å². The topological polar surface area (TPSA) is 56.2 Å². The second kappa shape index (κ2) is 5.73. The third-order valence-electron chi connectivity index (χ3n) is 4.07. The second-order valence-electron chi connectivity index (χ2n) is 5.95. The predicted molar refractivity (Wildman–Crippen MR) is 83.2 cm³/mol. The molecule has 0 atom stereocenters. The van der Waals surface area contributed by atoms with Crippen LogP contribution in [0.25, 0.3) is 11.1 Å². The Hall–Kier alpha value is -2.15. The number of benzene rings is 1. The number of aromatic nitrogens is 2. The summed E-state index contributed by atoms with van der Waals surface area (Å²) >= 11 is 5.62. The summed E-state index contributed by atoms with van der Waals surface area (Å²) < 4.78 is 35.4. The molecule has 4 rings (SSSR count).